The first-order valence-corrected chi connectivity index (χ1v) is 7.84. The summed E-state index contributed by atoms with van der Waals surface area (Å²) in [6, 6.07) is -0.0199. The molecule has 1 rings (SSSR count). The van der Waals surface area contributed by atoms with Gasteiger partial charge in [-0.3, -0.25) is 0 Å². The summed E-state index contributed by atoms with van der Waals surface area (Å²) in [5, 5.41) is 2.80. The fraction of sp³-hybridized carbons (Fsp3) is 0.812. The summed E-state index contributed by atoms with van der Waals surface area (Å²) in [4.78, 5) is 11.7. The maximum Gasteiger partial charge on any atom is 0.486 e. The summed E-state index contributed by atoms with van der Waals surface area (Å²) >= 11 is 0. The van der Waals surface area contributed by atoms with E-state index in [0.717, 1.165) is 0 Å². The number of ether oxygens (including phenoxy) is 1. The van der Waals surface area contributed by atoms with E-state index in [4.69, 9.17) is 14.0 Å². The van der Waals surface area contributed by atoms with Gasteiger partial charge >= 0.3 is 13.2 Å². The smallest absolute Gasteiger partial charge is 0.444 e. The quantitative estimate of drug-likeness (QED) is 0.808. The Morgan fingerprint density at radius 3 is 2.18 bits per heavy atom. The molecule has 0 radical (unpaired) electrons. The molecule has 1 atom stereocenters. The molecule has 0 aliphatic carbocycles. The van der Waals surface area contributed by atoms with Crippen molar-refractivity contribution in [2.45, 2.75) is 84.7 Å². The molecule has 1 saturated heterocycles. The highest BCUT2D eigenvalue weighted by atomic mass is 16.7. The van der Waals surface area contributed by atoms with E-state index in [1.807, 2.05) is 67.4 Å². The van der Waals surface area contributed by atoms with E-state index in [9.17, 15) is 4.79 Å². The van der Waals surface area contributed by atoms with Crippen LogP contribution in [0, 0.1) is 0 Å². The molecule has 126 valence electrons. The van der Waals surface area contributed by atoms with Crippen molar-refractivity contribution in [1.29, 1.82) is 0 Å². The predicted molar refractivity (Wildman–Crippen MR) is 88.7 cm³/mol. The van der Waals surface area contributed by atoms with Crippen molar-refractivity contribution in [3.63, 3.8) is 0 Å². The third kappa shape index (κ3) is 5.65. The van der Waals surface area contributed by atoms with Gasteiger partial charge in [-0.05, 0) is 61.8 Å². The molecule has 22 heavy (non-hydrogen) atoms. The van der Waals surface area contributed by atoms with E-state index in [1.54, 1.807) is 0 Å². The Kier molecular flexibility index (Phi) is 5.74. The number of nitrogens with one attached hydrogen (secondary N) is 1. The molecule has 5 nitrogen and oxygen atoms in total. The van der Waals surface area contributed by atoms with E-state index in [1.165, 1.54) is 0 Å². The van der Waals surface area contributed by atoms with Gasteiger partial charge < -0.3 is 19.4 Å². The van der Waals surface area contributed by atoms with Crippen LogP contribution >= 0.6 is 0 Å². The molecule has 0 aromatic rings. The van der Waals surface area contributed by atoms with Crippen LogP contribution in [0.2, 0.25) is 0 Å². The second-order valence-corrected chi connectivity index (χ2v) is 7.84. The first-order chi connectivity index (χ1) is 9.82. The van der Waals surface area contributed by atoms with Crippen molar-refractivity contribution in [1.82, 2.24) is 5.32 Å². The number of carbonyl (C=O) groups is 1. The molecule has 1 amide bonds. The zero-order valence-corrected chi connectivity index (χ0v) is 15.1. The molecule has 1 fully saturated rings. The Morgan fingerprint density at radius 2 is 1.73 bits per heavy atom. The molecule has 1 aliphatic rings. The molecular formula is C16H30BNO4. The molecule has 0 spiro atoms. The van der Waals surface area contributed by atoms with Gasteiger partial charge in [0.2, 0.25) is 0 Å². The lowest BCUT2D eigenvalue weighted by atomic mass is 9.89. The van der Waals surface area contributed by atoms with Crippen LogP contribution in [0.5, 0.6) is 0 Å². The molecule has 1 N–H and O–H groups in total. The normalized spacial score (nSPS) is 21.9. The highest BCUT2D eigenvalue weighted by molar-refractivity contribution is 6.51. The van der Waals surface area contributed by atoms with Crippen LogP contribution in [-0.2, 0) is 14.0 Å². The van der Waals surface area contributed by atoms with Gasteiger partial charge in [0.15, 0.2) is 0 Å². The number of hydrogen-bond donors (Lipinski definition) is 1. The Bertz CT molecular complexity index is 410. The van der Waals surface area contributed by atoms with Crippen LogP contribution in [0.15, 0.2) is 12.1 Å². The highest BCUT2D eigenvalue weighted by Gasteiger charge is 2.49. The van der Waals surface area contributed by atoms with E-state index >= 15 is 0 Å². The van der Waals surface area contributed by atoms with E-state index in [2.05, 4.69) is 5.32 Å². The topological polar surface area (TPSA) is 56.8 Å². The second kappa shape index (κ2) is 6.63. The van der Waals surface area contributed by atoms with Gasteiger partial charge in [0, 0.05) is 6.04 Å². The van der Waals surface area contributed by atoms with Gasteiger partial charge in [-0.15, -0.1) is 0 Å². The molecule has 0 aromatic carbocycles. The Morgan fingerprint density at radius 1 is 1.23 bits per heavy atom. The van der Waals surface area contributed by atoms with Gasteiger partial charge in [0.05, 0.1) is 11.2 Å². The summed E-state index contributed by atoms with van der Waals surface area (Å²) in [5.74, 6) is 1.89. The van der Waals surface area contributed by atoms with Crippen LogP contribution in [0.1, 0.15) is 61.8 Å². The number of alkyl carbamates (subject to hydrolysis) is 1. The largest absolute Gasteiger partial charge is 0.486 e. The van der Waals surface area contributed by atoms with Crippen molar-refractivity contribution >= 4 is 13.2 Å². The Balaban J connectivity index is 2.39. The van der Waals surface area contributed by atoms with Gasteiger partial charge in [-0.2, -0.15) is 0 Å². The number of rotatable bonds is 4. The van der Waals surface area contributed by atoms with Crippen molar-refractivity contribution in [3.05, 3.63) is 12.1 Å². The van der Waals surface area contributed by atoms with Crippen molar-refractivity contribution in [3.8, 4) is 0 Å². The van der Waals surface area contributed by atoms with E-state index in [0.29, 0.717) is 6.42 Å². The Labute approximate surface area is 134 Å². The zero-order valence-electron chi connectivity index (χ0n) is 15.1. The molecule has 1 aliphatic heterocycles. The molecule has 0 aromatic heterocycles. The maximum absolute atomic E-state index is 11.7. The third-order valence-electron chi connectivity index (χ3n) is 3.82. The van der Waals surface area contributed by atoms with E-state index in [-0.39, 0.29) is 24.4 Å². The molecule has 1 heterocycles. The lowest BCUT2D eigenvalue weighted by molar-refractivity contribution is 0.00578. The lowest BCUT2D eigenvalue weighted by Crippen LogP contribution is -2.41. The van der Waals surface area contributed by atoms with Gasteiger partial charge in [0.1, 0.15) is 5.60 Å². The number of carbonyl (C=O) groups excluding carboxylic acids is 1. The van der Waals surface area contributed by atoms with Gasteiger partial charge in [-0.1, -0.05) is 12.1 Å². The maximum atomic E-state index is 11.7. The fourth-order valence-corrected chi connectivity index (χ4v) is 1.93. The summed E-state index contributed by atoms with van der Waals surface area (Å²) in [7, 11) is -0.348. The minimum absolute atomic E-state index is 0.0199. The third-order valence-corrected chi connectivity index (χ3v) is 3.82. The zero-order chi connectivity index (χ0) is 17.2. The SMILES string of the molecule is C[C@@H](C/C=C/B1OC(C)(C)C(C)(C)O1)NC(=O)OC(C)(C)C. The predicted octanol–water partition coefficient (Wildman–Crippen LogP) is 3.48. The summed E-state index contributed by atoms with van der Waals surface area (Å²) < 4.78 is 17.0. The average Bonchev–Trinajstić information content (AvgIpc) is 2.43. The molecule has 0 unspecified atom stereocenters. The second-order valence-electron chi connectivity index (χ2n) is 7.84. The van der Waals surface area contributed by atoms with E-state index < -0.39 is 11.7 Å². The van der Waals surface area contributed by atoms with Crippen molar-refractivity contribution in [2.75, 3.05) is 0 Å². The van der Waals surface area contributed by atoms with Crippen LogP contribution < -0.4 is 5.32 Å². The fourth-order valence-electron chi connectivity index (χ4n) is 1.93. The molecule has 6 heteroatoms. The monoisotopic (exact) mass is 311 g/mol. The first kappa shape index (κ1) is 19.0. The molecular weight excluding hydrogens is 281 g/mol. The van der Waals surface area contributed by atoms with Crippen LogP contribution in [-0.4, -0.2) is 36.1 Å². The van der Waals surface area contributed by atoms with Crippen LogP contribution in [0.4, 0.5) is 4.79 Å². The molecule has 0 bridgehead atoms. The van der Waals surface area contributed by atoms with Gasteiger partial charge in [0.25, 0.3) is 0 Å². The standard InChI is InChI=1S/C16H30BNO4/c1-12(18-13(19)20-14(2,3)4)10-9-11-17-21-15(5,6)16(7,8)22-17/h9,11-12H,10H2,1-8H3,(H,18,19)/b11-9+/t12-/m0/s1. The highest BCUT2D eigenvalue weighted by Crippen LogP contribution is 2.36. The summed E-state index contributed by atoms with van der Waals surface area (Å²) in [6.45, 7) is 15.5. The van der Waals surface area contributed by atoms with Crippen LogP contribution in [0.25, 0.3) is 0 Å². The first-order valence-electron chi connectivity index (χ1n) is 7.84. The minimum Gasteiger partial charge on any atom is -0.444 e. The number of amides is 1. The lowest BCUT2D eigenvalue weighted by Gasteiger charge is -2.32. The number of hydrogen-bond acceptors (Lipinski definition) is 4. The van der Waals surface area contributed by atoms with Crippen molar-refractivity contribution < 1.29 is 18.8 Å². The van der Waals surface area contributed by atoms with Gasteiger partial charge in [-0.25, -0.2) is 4.79 Å². The average molecular weight is 311 g/mol. The minimum atomic E-state index is -0.484. The molecule has 0 saturated carbocycles. The summed E-state index contributed by atoms with van der Waals surface area (Å²) in [5.41, 5.74) is -1.15. The Hall–Kier alpha value is -1.01. The van der Waals surface area contributed by atoms with Crippen LogP contribution in [0.3, 0.4) is 0 Å². The summed E-state index contributed by atoms with van der Waals surface area (Å²) in [6.07, 6.45) is 2.25. The van der Waals surface area contributed by atoms with Crippen molar-refractivity contribution in [2.24, 2.45) is 0 Å².